The van der Waals surface area contributed by atoms with Gasteiger partial charge in [-0.05, 0) is 18.9 Å². The van der Waals surface area contributed by atoms with Gasteiger partial charge in [0.1, 0.15) is 17.5 Å². The number of aromatic nitrogens is 2. The number of hydrogen-bond donors (Lipinski definition) is 1. The maximum absolute atomic E-state index is 15.2. The monoisotopic (exact) mass is 560 g/mol. The number of anilines is 4. The van der Waals surface area contributed by atoms with Crippen LogP contribution in [0.5, 0.6) is 0 Å². The molecule has 210 valence electrons. The molecular weight excluding hydrogens is 526 g/mol. The molecule has 5 rings (SSSR count). The molecule has 4 heterocycles. The van der Waals surface area contributed by atoms with E-state index in [2.05, 4.69) is 20.2 Å². The minimum absolute atomic E-state index is 0.0343. The van der Waals surface area contributed by atoms with Crippen LogP contribution in [0.1, 0.15) is 19.4 Å². The van der Waals surface area contributed by atoms with Crippen molar-refractivity contribution in [3.05, 3.63) is 47.8 Å². The fourth-order valence-electron chi connectivity index (χ4n) is 5.20. The first-order valence-corrected chi connectivity index (χ1v) is 14.8. The molecule has 0 atom stereocenters. The molecule has 3 aromatic rings. The predicted molar refractivity (Wildman–Crippen MR) is 149 cm³/mol. The maximum Gasteiger partial charge on any atom is 0.214 e. The smallest absolute Gasteiger partial charge is 0.214 e. The summed E-state index contributed by atoms with van der Waals surface area (Å²) in [7, 11) is -3.35. The normalized spacial score (nSPS) is 17.3. The lowest BCUT2D eigenvalue weighted by Gasteiger charge is -2.36. The van der Waals surface area contributed by atoms with Crippen molar-refractivity contribution in [2.24, 2.45) is 5.92 Å². The second-order valence-electron chi connectivity index (χ2n) is 10.4. The number of fused-ring (bicyclic) bond motifs is 1. The molecule has 0 spiro atoms. The molecule has 2 fully saturated rings. The summed E-state index contributed by atoms with van der Waals surface area (Å²) in [5.41, 5.74) is 2.92. The summed E-state index contributed by atoms with van der Waals surface area (Å²) in [4.78, 5) is 13.2. The molecule has 0 saturated carbocycles. The average molecular weight is 561 g/mol. The van der Waals surface area contributed by atoms with E-state index in [1.54, 1.807) is 12.4 Å². The van der Waals surface area contributed by atoms with Crippen molar-refractivity contribution in [2.75, 3.05) is 73.4 Å². The number of ether oxygens (including phenoxy) is 1. The van der Waals surface area contributed by atoms with Gasteiger partial charge in [0, 0.05) is 57.0 Å². The van der Waals surface area contributed by atoms with Crippen LogP contribution in [-0.4, -0.2) is 80.9 Å². The van der Waals surface area contributed by atoms with Crippen molar-refractivity contribution >= 4 is 43.8 Å². The van der Waals surface area contributed by atoms with Crippen LogP contribution < -0.4 is 15.1 Å². The first-order valence-electron chi connectivity index (χ1n) is 13.2. The zero-order valence-corrected chi connectivity index (χ0v) is 23.3. The van der Waals surface area contributed by atoms with Crippen molar-refractivity contribution < 1.29 is 21.9 Å². The Morgan fingerprint density at radius 3 is 2.41 bits per heavy atom. The molecule has 0 amide bonds. The number of morpholine rings is 1. The predicted octanol–water partition coefficient (Wildman–Crippen LogP) is 3.90. The number of rotatable bonds is 7. The Bertz CT molecular complexity index is 1460. The highest BCUT2D eigenvalue weighted by molar-refractivity contribution is 7.89. The Morgan fingerprint density at radius 1 is 1.00 bits per heavy atom. The number of nitrogens with one attached hydrogen (secondary N) is 1. The fourth-order valence-corrected chi connectivity index (χ4v) is 6.97. The van der Waals surface area contributed by atoms with Gasteiger partial charge in [0.15, 0.2) is 0 Å². The number of sulfonamides is 1. The van der Waals surface area contributed by atoms with Crippen LogP contribution in [0.15, 0.2) is 30.6 Å². The van der Waals surface area contributed by atoms with Crippen LogP contribution in [0, 0.1) is 24.5 Å². The summed E-state index contributed by atoms with van der Waals surface area (Å²) in [6.07, 6.45) is 3.44. The SMILES string of the molecule is Cc1c(N2CCN(S(=O)(=O)CC(C)C)CC2)nc2cc(F)cc(F)c2c1Nc1cncc(N2CCOCC2)c1. The molecule has 2 aliphatic heterocycles. The van der Waals surface area contributed by atoms with Gasteiger partial charge in [0.05, 0.1) is 59.3 Å². The molecule has 0 aliphatic carbocycles. The zero-order chi connectivity index (χ0) is 27.7. The largest absolute Gasteiger partial charge is 0.378 e. The van der Waals surface area contributed by atoms with E-state index in [9.17, 15) is 12.8 Å². The summed E-state index contributed by atoms with van der Waals surface area (Å²) < 4.78 is 61.9. The molecule has 2 saturated heterocycles. The van der Waals surface area contributed by atoms with Crippen LogP contribution in [0.25, 0.3) is 10.9 Å². The van der Waals surface area contributed by atoms with E-state index in [0.29, 0.717) is 62.1 Å². The molecule has 2 aliphatic rings. The van der Waals surface area contributed by atoms with Crippen molar-refractivity contribution in [3.63, 3.8) is 0 Å². The van der Waals surface area contributed by atoms with E-state index in [1.807, 2.05) is 31.7 Å². The summed E-state index contributed by atoms with van der Waals surface area (Å²) >= 11 is 0. The first-order chi connectivity index (χ1) is 18.6. The van der Waals surface area contributed by atoms with Gasteiger partial charge in [-0.15, -0.1) is 0 Å². The standard InChI is InChI=1S/C27H34F2N6O3S/c1-18(2)17-39(36,37)35-6-4-34(5-7-35)27-19(3)26(25-23(29)12-20(28)13-24(25)32-27)31-21-14-22(16-30-15-21)33-8-10-38-11-9-33/h12-16,18H,4-11,17H2,1-3H3,(H,31,32). The quantitative estimate of drug-likeness (QED) is 0.465. The number of nitrogens with zero attached hydrogens (tertiary/aromatic N) is 5. The molecule has 12 heteroatoms. The summed E-state index contributed by atoms with van der Waals surface area (Å²) in [5.74, 6) is -0.726. The third kappa shape index (κ3) is 5.92. The Hall–Kier alpha value is -3.09. The second-order valence-corrected chi connectivity index (χ2v) is 12.4. The highest BCUT2D eigenvalue weighted by Gasteiger charge is 2.29. The lowest BCUT2D eigenvalue weighted by Crippen LogP contribution is -2.50. The highest BCUT2D eigenvalue weighted by atomic mass is 32.2. The number of piperazine rings is 1. The third-order valence-corrected chi connectivity index (χ3v) is 9.31. The van der Waals surface area contributed by atoms with Crippen LogP contribution in [0.4, 0.5) is 31.7 Å². The van der Waals surface area contributed by atoms with Gasteiger partial charge in [-0.1, -0.05) is 13.8 Å². The summed E-state index contributed by atoms with van der Waals surface area (Å²) in [6.45, 7) is 9.86. The maximum atomic E-state index is 15.2. The molecule has 2 aromatic heterocycles. The van der Waals surface area contributed by atoms with E-state index in [-0.39, 0.29) is 22.6 Å². The van der Waals surface area contributed by atoms with E-state index < -0.39 is 21.7 Å². The average Bonchev–Trinajstić information content (AvgIpc) is 2.90. The molecule has 1 aromatic carbocycles. The first kappa shape index (κ1) is 27.5. The van der Waals surface area contributed by atoms with E-state index in [4.69, 9.17) is 4.74 Å². The van der Waals surface area contributed by atoms with Gasteiger partial charge in [-0.25, -0.2) is 22.2 Å². The van der Waals surface area contributed by atoms with Gasteiger partial charge in [-0.2, -0.15) is 4.31 Å². The van der Waals surface area contributed by atoms with Crippen LogP contribution >= 0.6 is 0 Å². The van der Waals surface area contributed by atoms with E-state index in [0.717, 1.165) is 24.8 Å². The Balaban J connectivity index is 1.48. The molecule has 0 unspecified atom stereocenters. The van der Waals surface area contributed by atoms with E-state index in [1.165, 1.54) is 10.4 Å². The minimum atomic E-state index is -3.35. The molecule has 0 radical (unpaired) electrons. The Morgan fingerprint density at radius 2 is 1.72 bits per heavy atom. The second kappa shape index (κ2) is 11.2. The van der Waals surface area contributed by atoms with Gasteiger partial charge >= 0.3 is 0 Å². The van der Waals surface area contributed by atoms with Crippen LogP contribution in [-0.2, 0) is 14.8 Å². The topological polar surface area (TPSA) is 90.9 Å². The van der Waals surface area contributed by atoms with Gasteiger partial charge in [0.25, 0.3) is 0 Å². The van der Waals surface area contributed by atoms with Crippen molar-refractivity contribution in [2.45, 2.75) is 20.8 Å². The number of pyridine rings is 2. The number of halogens is 2. The molecular formula is C27H34F2N6O3S. The van der Waals surface area contributed by atoms with Crippen molar-refractivity contribution in [1.82, 2.24) is 14.3 Å². The minimum Gasteiger partial charge on any atom is -0.378 e. The highest BCUT2D eigenvalue weighted by Crippen LogP contribution is 2.37. The van der Waals surface area contributed by atoms with Crippen LogP contribution in [0.2, 0.25) is 0 Å². The Labute approximate surface area is 227 Å². The van der Waals surface area contributed by atoms with Crippen LogP contribution in [0.3, 0.4) is 0 Å². The third-order valence-electron chi connectivity index (χ3n) is 7.07. The lowest BCUT2D eigenvalue weighted by molar-refractivity contribution is 0.122. The van der Waals surface area contributed by atoms with Crippen molar-refractivity contribution in [1.29, 1.82) is 0 Å². The number of benzene rings is 1. The molecule has 39 heavy (non-hydrogen) atoms. The summed E-state index contributed by atoms with van der Waals surface area (Å²) in [6, 6.07) is 4.02. The molecule has 9 nitrogen and oxygen atoms in total. The van der Waals surface area contributed by atoms with Gasteiger partial charge in [0.2, 0.25) is 10.0 Å². The Kier molecular flexibility index (Phi) is 7.88. The fraction of sp³-hybridized carbons (Fsp3) is 0.481. The van der Waals surface area contributed by atoms with E-state index >= 15 is 4.39 Å². The van der Waals surface area contributed by atoms with Crippen molar-refractivity contribution in [3.8, 4) is 0 Å². The van der Waals surface area contributed by atoms with Gasteiger partial charge < -0.3 is 19.9 Å². The molecule has 0 bridgehead atoms. The lowest BCUT2D eigenvalue weighted by atomic mass is 10.1. The zero-order valence-electron chi connectivity index (χ0n) is 22.5. The van der Waals surface area contributed by atoms with Gasteiger partial charge in [-0.3, -0.25) is 4.98 Å². The summed E-state index contributed by atoms with van der Waals surface area (Å²) in [5, 5.41) is 3.52. The number of hydrogen-bond acceptors (Lipinski definition) is 8. The molecule has 1 N–H and O–H groups in total.